The molecule has 5 nitrogen and oxygen atoms in total. The Balaban J connectivity index is 2.14. The first-order valence-corrected chi connectivity index (χ1v) is 9.00. The first-order valence-electron chi connectivity index (χ1n) is 5.93. The summed E-state index contributed by atoms with van der Waals surface area (Å²) in [4.78, 5) is 7.94. The van der Waals surface area contributed by atoms with Gasteiger partial charge in [0.1, 0.15) is 11.5 Å². The van der Waals surface area contributed by atoms with E-state index in [4.69, 9.17) is 11.6 Å². The van der Waals surface area contributed by atoms with Gasteiger partial charge in [-0.3, -0.25) is 0 Å². The Bertz CT molecular complexity index is 910. The third kappa shape index (κ3) is 2.77. The lowest BCUT2D eigenvalue weighted by atomic mass is 10.2. The lowest BCUT2D eigenvalue weighted by Crippen LogP contribution is -2.14. The fourth-order valence-corrected chi connectivity index (χ4v) is 4.80. The Morgan fingerprint density at radius 2 is 1.90 bits per heavy atom. The van der Waals surface area contributed by atoms with Crippen LogP contribution >= 0.6 is 34.2 Å². The molecule has 0 bridgehead atoms. The van der Waals surface area contributed by atoms with Gasteiger partial charge in [-0.25, -0.2) is 22.4 Å². The van der Waals surface area contributed by atoms with Crippen LogP contribution in [-0.2, 0) is 15.8 Å². The quantitative estimate of drug-likeness (QED) is 0.470. The minimum atomic E-state index is -3.57. The van der Waals surface area contributed by atoms with Crippen LogP contribution in [0.1, 0.15) is 5.56 Å². The molecule has 0 aliphatic rings. The zero-order chi connectivity index (χ0) is 15.0. The van der Waals surface area contributed by atoms with E-state index in [9.17, 15) is 8.42 Å². The third-order valence-corrected chi connectivity index (χ3v) is 5.63. The number of rotatable bonds is 3. The van der Waals surface area contributed by atoms with E-state index in [0.717, 1.165) is 5.56 Å². The first kappa shape index (κ1) is 14.7. The number of benzene rings is 1. The van der Waals surface area contributed by atoms with E-state index in [0.29, 0.717) is 14.6 Å². The van der Waals surface area contributed by atoms with Crippen molar-refractivity contribution in [3.63, 3.8) is 0 Å². The van der Waals surface area contributed by atoms with Crippen LogP contribution in [-0.4, -0.2) is 22.4 Å². The molecule has 1 aromatic carbocycles. The fourth-order valence-electron chi connectivity index (χ4n) is 2.02. The molecule has 0 saturated heterocycles. The molecule has 0 saturated carbocycles. The van der Waals surface area contributed by atoms with E-state index >= 15 is 0 Å². The van der Waals surface area contributed by atoms with Gasteiger partial charge < -0.3 is 0 Å². The summed E-state index contributed by atoms with van der Waals surface area (Å²) >= 11 is 8.05. The van der Waals surface area contributed by atoms with E-state index < -0.39 is 10.0 Å². The lowest BCUT2D eigenvalue weighted by molar-refractivity contribution is 0.588. The second-order valence-corrected chi connectivity index (χ2v) is 7.74. The van der Waals surface area contributed by atoms with Crippen molar-refractivity contribution < 1.29 is 8.42 Å². The minimum Gasteiger partial charge on any atom is -0.226 e. The highest BCUT2D eigenvalue weighted by atomic mass is 127. The molecule has 0 spiro atoms. The molecule has 0 aliphatic heterocycles. The van der Waals surface area contributed by atoms with Crippen LogP contribution in [0.25, 0.3) is 11.0 Å². The number of hydrogen-bond donors (Lipinski definition) is 0. The molecule has 0 radical (unpaired) electrons. The Hall–Kier alpha value is -1.19. The Labute approximate surface area is 140 Å². The molecule has 0 amide bonds. The molecule has 0 aliphatic carbocycles. The molecular weight excluding hydrogens is 425 g/mol. The molecule has 8 heteroatoms. The predicted octanol–water partition coefficient (Wildman–Crippen LogP) is 3.07. The van der Waals surface area contributed by atoms with Crippen LogP contribution in [0.4, 0.5) is 0 Å². The van der Waals surface area contributed by atoms with Gasteiger partial charge in [0.05, 0.1) is 11.1 Å². The molecule has 2 heterocycles. The van der Waals surface area contributed by atoms with Crippen molar-refractivity contribution in [3.05, 3.63) is 57.1 Å². The van der Waals surface area contributed by atoms with Crippen molar-refractivity contribution in [3.8, 4) is 0 Å². The normalized spacial score (nSPS) is 11.9. The van der Waals surface area contributed by atoms with Crippen LogP contribution in [0.3, 0.4) is 0 Å². The van der Waals surface area contributed by atoms with Crippen molar-refractivity contribution in [1.82, 2.24) is 13.9 Å². The minimum absolute atomic E-state index is 0.102. The molecule has 2 aromatic heterocycles. The maximum atomic E-state index is 12.6. The molecule has 0 fully saturated rings. The smallest absolute Gasteiger partial charge is 0.226 e. The average molecular weight is 434 g/mol. The highest BCUT2D eigenvalue weighted by molar-refractivity contribution is 14.1. The highest BCUT2D eigenvalue weighted by Crippen LogP contribution is 2.28. The average Bonchev–Trinajstić information content (AvgIpc) is 2.79. The maximum Gasteiger partial charge on any atom is 0.244 e. The van der Waals surface area contributed by atoms with Gasteiger partial charge in [-0.15, -0.1) is 0 Å². The second kappa shape index (κ2) is 5.54. The fraction of sp³-hybridized carbons (Fsp3) is 0.0769. The van der Waals surface area contributed by atoms with E-state index in [1.54, 1.807) is 24.3 Å². The summed E-state index contributed by atoms with van der Waals surface area (Å²) in [6, 6.07) is 9.01. The van der Waals surface area contributed by atoms with Gasteiger partial charge in [0, 0.05) is 9.77 Å². The molecule has 0 N–H and O–H groups in total. The molecule has 21 heavy (non-hydrogen) atoms. The summed E-state index contributed by atoms with van der Waals surface area (Å²) in [6.45, 7) is 0. The molecule has 108 valence electrons. The van der Waals surface area contributed by atoms with Gasteiger partial charge in [0.2, 0.25) is 10.0 Å². The standard InChI is InChI=1S/C13H9ClIN3O2S/c14-12-11-10(15)6-18(13(11)17-8-16-12)21(19,20)7-9-4-2-1-3-5-9/h1-6,8H,7H2. The van der Waals surface area contributed by atoms with Crippen molar-refractivity contribution in [2.45, 2.75) is 5.75 Å². The van der Waals surface area contributed by atoms with Crippen LogP contribution in [0.5, 0.6) is 0 Å². The van der Waals surface area contributed by atoms with E-state index in [1.165, 1.54) is 16.5 Å². The SMILES string of the molecule is O=S(=O)(Cc1ccccc1)n1cc(I)c2c(Cl)ncnc21. The number of nitrogens with zero attached hydrogens (tertiary/aromatic N) is 3. The zero-order valence-corrected chi connectivity index (χ0v) is 14.3. The van der Waals surface area contributed by atoms with Gasteiger partial charge in [-0.2, -0.15) is 0 Å². The summed E-state index contributed by atoms with van der Waals surface area (Å²) in [5.74, 6) is -0.102. The van der Waals surface area contributed by atoms with Crippen molar-refractivity contribution >= 4 is 55.2 Å². The Morgan fingerprint density at radius 1 is 1.19 bits per heavy atom. The number of fused-ring (bicyclic) bond motifs is 1. The summed E-state index contributed by atoms with van der Waals surface area (Å²) in [5, 5.41) is 0.800. The van der Waals surface area contributed by atoms with Crippen LogP contribution in [0.15, 0.2) is 42.9 Å². The van der Waals surface area contributed by atoms with E-state index in [-0.39, 0.29) is 10.9 Å². The maximum absolute atomic E-state index is 12.6. The molecule has 3 rings (SSSR count). The van der Waals surface area contributed by atoms with Gasteiger partial charge >= 0.3 is 0 Å². The summed E-state index contributed by atoms with van der Waals surface area (Å²) in [7, 11) is -3.57. The second-order valence-electron chi connectivity index (χ2n) is 4.38. The Kier molecular flexibility index (Phi) is 3.89. The predicted molar refractivity (Wildman–Crippen MR) is 89.7 cm³/mol. The monoisotopic (exact) mass is 433 g/mol. The molecule has 0 atom stereocenters. The van der Waals surface area contributed by atoms with E-state index in [1.807, 2.05) is 28.7 Å². The highest BCUT2D eigenvalue weighted by Gasteiger charge is 2.21. The largest absolute Gasteiger partial charge is 0.244 e. The van der Waals surface area contributed by atoms with Crippen molar-refractivity contribution in [2.75, 3.05) is 0 Å². The van der Waals surface area contributed by atoms with Crippen LogP contribution < -0.4 is 0 Å². The number of halogens is 2. The Morgan fingerprint density at radius 3 is 2.62 bits per heavy atom. The first-order chi connectivity index (χ1) is 9.99. The van der Waals surface area contributed by atoms with Crippen molar-refractivity contribution in [1.29, 1.82) is 0 Å². The van der Waals surface area contributed by atoms with Gasteiger partial charge in [0.25, 0.3) is 0 Å². The van der Waals surface area contributed by atoms with Gasteiger partial charge in [-0.05, 0) is 28.2 Å². The summed E-state index contributed by atoms with van der Waals surface area (Å²) in [6.07, 6.45) is 2.78. The third-order valence-electron chi connectivity index (χ3n) is 2.95. The summed E-state index contributed by atoms with van der Waals surface area (Å²) < 4.78 is 27.1. The molecule has 0 unspecified atom stereocenters. The topological polar surface area (TPSA) is 64.8 Å². The molecular formula is C13H9ClIN3O2S. The van der Waals surface area contributed by atoms with Gasteiger partial charge in [-0.1, -0.05) is 41.9 Å². The zero-order valence-electron chi connectivity index (χ0n) is 10.6. The van der Waals surface area contributed by atoms with E-state index in [2.05, 4.69) is 9.97 Å². The number of hydrogen-bond acceptors (Lipinski definition) is 4. The summed E-state index contributed by atoms with van der Waals surface area (Å²) in [5.41, 5.74) is 1.02. The lowest BCUT2D eigenvalue weighted by Gasteiger charge is -2.06. The van der Waals surface area contributed by atoms with Crippen LogP contribution in [0.2, 0.25) is 5.15 Å². The van der Waals surface area contributed by atoms with Crippen LogP contribution in [0, 0.1) is 3.57 Å². The van der Waals surface area contributed by atoms with Crippen molar-refractivity contribution in [2.24, 2.45) is 0 Å². The van der Waals surface area contributed by atoms with Gasteiger partial charge in [0.15, 0.2) is 5.65 Å². The number of aromatic nitrogens is 3. The molecule has 3 aromatic rings.